The third-order valence-corrected chi connectivity index (χ3v) is 3.55. The van der Waals surface area contributed by atoms with Gasteiger partial charge in [0.2, 0.25) is 0 Å². The summed E-state index contributed by atoms with van der Waals surface area (Å²) in [4.78, 5) is 9.07. The van der Waals surface area contributed by atoms with E-state index in [1.165, 1.54) is 0 Å². The molecule has 2 rings (SSSR count). The van der Waals surface area contributed by atoms with Gasteiger partial charge < -0.3 is 15.7 Å². The second kappa shape index (κ2) is 6.03. The lowest BCUT2D eigenvalue weighted by Gasteiger charge is -2.38. The number of hydrogen-bond acceptors (Lipinski definition) is 5. The molecule has 20 heavy (non-hydrogen) atoms. The number of β-amino-alcohol motifs (C(OH)–C–C–N with tert-alkyl or cyclic N) is 1. The zero-order valence-corrected chi connectivity index (χ0v) is 12.9. The van der Waals surface area contributed by atoms with Crippen molar-refractivity contribution in [1.82, 2.24) is 9.88 Å². The summed E-state index contributed by atoms with van der Waals surface area (Å²) in [6, 6.07) is 3.92. The van der Waals surface area contributed by atoms with Gasteiger partial charge in [0.15, 0.2) is 0 Å². The number of thiocarbonyl (C=S) groups is 1. The summed E-state index contributed by atoms with van der Waals surface area (Å²) in [5.74, 6) is 0. The van der Waals surface area contributed by atoms with Crippen LogP contribution in [0.2, 0.25) is 0 Å². The van der Waals surface area contributed by atoms with Gasteiger partial charge in [-0.25, -0.2) is 0 Å². The van der Waals surface area contributed by atoms with Crippen molar-refractivity contribution < 1.29 is 5.11 Å². The smallest absolute Gasteiger partial charge is 0.122 e. The van der Waals surface area contributed by atoms with Crippen molar-refractivity contribution in [1.29, 1.82) is 0 Å². The highest BCUT2D eigenvalue weighted by Gasteiger charge is 2.23. The molecule has 3 N–H and O–H groups in total. The van der Waals surface area contributed by atoms with Gasteiger partial charge in [0.1, 0.15) is 4.99 Å². The standard InChI is InChI=1S/C14H22N4OS/c1-14(2,19)10-17-5-7-18(8-6-17)11-3-4-16-12(9-11)13(15)20/h3-4,9,19H,5-8,10H2,1-2H3,(H2,15,20). The van der Waals surface area contributed by atoms with Crippen LogP contribution in [0.1, 0.15) is 19.5 Å². The highest BCUT2D eigenvalue weighted by atomic mass is 32.1. The summed E-state index contributed by atoms with van der Waals surface area (Å²) in [7, 11) is 0. The number of aromatic nitrogens is 1. The van der Waals surface area contributed by atoms with E-state index in [2.05, 4.69) is 14.8 Å². The molecule has 5 nitrogen and oxygen atoms in total. The molecule has 0 radical (unpaired) electrons. The van der Waals surface area contributed by atoms with E-state index in [-0.39, 0.29) is 0 Å². The van der Waals surface area contributed by atoms with E-state index in [9.17, 15) is 5.11 Å². The van der Waals surface area contributed by atoms with Gasteiger partial charge in [-0.2, -0.15) is 0 Å². The molecular formula is C14H22N4OS. The van der Waals surface area contributed by atoms with Gasteiger partial charge in [-0.1, -0.05) is 12.2 Å². The fourth-order valence-corrected chi connectivity index (χ4v) is 2.57. The van der Waals surface area contributed by atoms with Gasteiger partial charge in [-0.15, -0.1) is 0 Å². The number of hydrogen-bond donors (Lipinski definition) is 2. The van der Waals surface area contributed by atoms with E-state index in [4.69, 9.17) is 18.0 Å². The van der Waals surface area contributed by atoms with Crippen molar-refractivity contribution in [2.75, 3.05) is 37.6 Å². The average molecular weight is 294 g/mol. The van der Waals surface area contributed by atoms with Crippen LogP contribution in [0, 0.1) is 0 Å². The van der Waals surface area contributed by atoms with Crippen molar-refractivity contribution in [2.24, 2.45) is 5.73 Å². The van der Waals surface area contributed by atoms with Gasteiger partial charge in [0, 0.05) is 44.6 Å². The summed E-state index contributed by atoms with van der Waals surface area (Å²) in [6.45, 7) is 8.12. The fraction of sp³-hybridized carbons (Fsp3) is 0.571. The molecule has 0 aliphatic carbocycles. The number of aliphatic hydroxyl groups is 1. The molecular weight excluding hydrogens is 272 g/mol. The zero-order valence-electron chi connectivity index (χ0n) is 12.0. The van der Waals surface area contributed by atoms with Crippen LogP contribution in [0.15, 0.2) is 18.3 Å². The number of piperazine rings is 1. The lowest BCUT2D eigenvalue weighted by molar-refractivity contribution is 0.0345. The first-order chi connectivity index (χ1) is 9.35. The van der Waals surface area contributed by atoms with Crippen LogP contribution in [0.4, 0.5) is 5.69 Å². The van der Waals surface area contributed by atoms with Crippen LogP contribution in [-0.2, 0) is 0 Å². The molecule has 0 amide bonds. The maximum Gasteiger partial charge on any atom is 0.122 e. The summed E-state index contributed by atoms with van der Waals surface area (Å²) in [5.41, 5.74) is 6.74. The topological polar surface area (TPSA) is 65.6 Å². The van der Waals surface area contributed by atoms with E-state index >= 15 is 0 Å². The van der Waals surface area contributed by atoms with E-state index in [0.29, 0.717) is 17.2 Å². The molecule has 0 aromatic carbocycles. The Hall–Kier alpha value is -1.24. The van der Waals surface area contributed by atoms with E-state index in [0.717, 1.165) is 31.9 Å². The SMILES string of the molecule is CC(C)(O)CN1CCN(c2ccnc(C(N)=S)c2)CC1. The highest BCUT2D eigenvalue weighted by Crippen LogP contribution is 2.17. The Balaban J connectivity index is 1.97. The van der Waals surface area contributed by atoms with Crippen LogP contribution >= 0.6 is 12.2 Å². The molecule has 2 heterocycles. The summed E-state index contributed by atoms with van der Waals surface area (Å²) >= 11 is 4.96. The Morgan fingerprint density at radius 1 is 1.40 bits per heavy atom. The number of nitrogens with zero attached hydrogens (tertiary/aromatic N) is 3. The first kappa shape index (κ1) is 15.2. The van der Waals surface area contributed by atoms with E-state index in [1.54, 1.807) is 6.20 Å². The van der Waals surface area contributed by atoms with Crippen molar-refractivity contribution in [3.63, 3.8) is 0 Å². The van der Waals surface area contributed by atoms with Crippen molar-refractivity contribution in [2.45, 2.75) is 19.4 Å². The van der Waals surface area contributed by atoms with E-state index in [1.807, 2.05) is 26.0 Å². The minimum atomic E-state index is -0.641. The van der Waals surface area contributed by atoms with Crippen LogP contribution in [0.3, 0.4) is 0 Å². The number of anilines is 1. The molecule has 0 atom stereocenters. The minimum absolute atomic E-state index is 0.326. The maximum atomic E-state index is 9.86. The van der Waals surface area contributed by atoms with E-state index < -0.39 is 5.60 Å². The molecule has 1 aromatic heterocycles. The Morgan fingerprint density at radius 2 is 2.05 bits per heavy atom. The molecule has 1 aromatic rings. The molecule has 1 saturated heterocycles. The normalized spacial score (nSPS) is 17.2. The first-order valence-electron chi connectivity index (χ1n) is 6.81. The van der Waals surface area contributed by atoms with Gasteiger partial charge in [-0.3, -0.25) is 9.88 Å². The third-order valence-electron chi connectivity index (χ3n) is 3.34. The second-order valence-electron chi connectivity index (χ2n) is 5.84. The van der Waals surface area contributed by atoms with Crippen LogP contribution < -0.4 is 10.6 Å². The molecule has 0 unspecified atom stereocenters. The molecule has 1 fully saturated rings. The molecule has 0 saturated carbocycles. The largest absolute Gasteiger partial charge is 0.389 e. The van der Waals surface area contributed by atoms with Crippen molar-refractivity contribution in [3.8, 4) is 0 Å². The van der Waals surface area contributed by atoms with Gasteiger partial charge in [0.25, 0.3) is 0 Å². The Morgan fingerprint density at radius 3 is 2.60 bits per heavy atom. The third kappa shape index (κ3) is 4.13. The van der Waals surface area contributed by atoms with Gasteiger partial charge >= 0.3 is 0 Å². The number of rotatable bonds is 4. The lowest BCUT2D eigenvalue weighted by atomic mass is 10.1. The van der Waals surface area contributed by atoms with Gasteiger partial charge in [-0.05, 0) is 26.0 Å². The molecule has 110 valence electrons. The highest BCUT2D eigenvalue weighted by molar-refractivity contribution is 7.80. The molecule has 6 heteroatoms. The van der Waals surface area contributed by atoms with Crippen LogP contribution in [0.25, 0.3) is 0 Å². The van der Waals surface area contributed by atoms with Crippen molar-refractivity contribution in [3.05, 3.63) is 24.0 Å². The minimum Gasteiger partial charge on any atom is -0.389 e. The molecule has 0 bridgehead atoms. The Bertz CT molecular complexity index is 478. The van der Waals surface area contributed by atoms with Gasteiger partial charge in [0.05, 0.1) is 11.3 Å². The monoisotopic (exact) mass is 294 g/mol. The second-order valence-corrected chi connectivity index (χ2v) is 6.28. The van der Waals surface area contributed by atoms with Crippen molar-refractivity contribution >= 4 is 22.9 Å². The molecule has 0 spiro atoms. The number of nitrogens with two attached hydrogens (primary N) is 1. The number of pyridine rings is 1. The molecule has 1 aliphatic heterocycles. The zero-order chi connectivity index (χ0) is 14.8. The Kier molecular flexibility index (Phi) is 4.57. The summed E-state index contributed by atoms with van der Waals surface area (Å²) in [6.07, 6.45) is 1.74. The lowest BCUT2D eigenvalue weighted by Crippen LogP contribution is -2.50. The van der Waals surface area contributed by atoms with Crippen LogP contribution in [-0.4, -0.2) is 58.3 Å². The average Bonchev–Trinajstić information content (AvgIpc) is 2.38. The Labute approximate surface area is 125 Å². The maximum absolute atomic E-state index is 9.86. The first-order valence-corrected chi connectivity index (χ1v) is 7.21. The molecule has 1 aliphatic rings. The fourth-order valence-electron chi connectivity index (χ4n) is 2.46. The summed E-state index contributed by atoms with van der Waals surface area (Å²) in [5, 5.41) is 9.86. The predicted molar refractivity (Wildman–Crippen MR) is 85.1 cm³/mol. The summed E-state index contributed by atoms with van der Waals surface area (Å²) < 4.78 is 0. The van der Waals surface area contributed by atoms with Crippen LogP contribution in [0.5, 0.6) is 0 Å². The quantitative estimate of drug-likeness (QED) is 0.793. The predicted octanol–water partition coefficient (Wildman–Crippen LogP) is 0.609.